The van der Waals surface area contributed by atoms with Crippen molar-refractivity contribution in [3.8, 4) is 22.8 Å². The number of hydrogen-bond donors (Lipinski definition) is 1. The monoisotopic (exact) mass is 304 g/mol. The Morgan fingerprint density at radius 2 is 1.90 bits per heavy atom. The maximum Gasteiger partial charge on any atom is 0.236 e. The molecule has 7 heteroatoms. The summed E-state index contributed by atoms with van der Waals surface area (Å²) in [6.45, 7) is 0. The molecule has 0 unspecified atom stereocenters. The molecule has 2 N–H and O–H groups in total. The van der Waals surface area contributed by atoms with Gasteiger partial charge in [0.05, 0.1) is 24.9 Å². The molecular formula is C14H13ClN4O2. The van der Waals surface area contributed by atoms with Crippen molar-refractivity contribution in [2.45, 2.75) is 0 Å². The minimum Gasteiger partial charge on any atom is -0.496 e. The highest BCUT2D eigenvalue weighted by molar-refractivity contribution is 6.32. The van der Waals surface area contributed by atoms with Gasteiger partial charge < -0.3 is 15.2 Å². The van der Waals surface area contributed by atoms with Crippen molar-refractivity contribution in [3.63, 3.8) is 0 Å². The number of aromatic nitrogens is 3. The molecular weight excluding hydrogens is 292 g/mol. The van der Waals surface area contributed by atoms with Crippen LogP contribution in [0.5, 0.6) is 11.5 Å². The van der Waals surface area contributed by atoms with Crippen molar-refractivity contribution in [2.24, 2.45) is 0 Å². The fourth-order valence-electron chi connectivity index (χ4n) is 2.08. The van der Waals surface area contributed by atoms with Crippen molar-refractivity contribution >= 4 is 23.2 Å². The van der Waals surface area contributed by atoms with Gasteiger partial charge in [-0.2, -0.15) is 4.98 Å². The number of hydrogen-bond acceptors (Lipinski definition) is 5. The van der Waals surface area contributed by atoms with Crippen molar-refractivity contribution < 1.29 is 9.47 Å². The number of methoxy groups -OCH3 is 2. The molecule has 0 aliphatic rings. The number of halogens is 1. The van der Waals surface area contributed by atoms with Gasteiger partial charge in [-0.1, -0.05) is 11.6 Å². The van der Waals surface area contributed by atoms with E-state index in [1.54, 1.807) is 43.0 Å². The predicted molar refractivity (Wildman–Crippen MR) is 80.9 cm³/mol. The third-order valence-corrected chi connectivity index (χ3v) is 3.39. The van der Waals surface area contributed by atoms with Gasteiger partial charge in [-0.3, -0.25) is 4.40 Å². The van der Waals surface area contributed by atoms with E-state index >= 15 is 0 Å². The van der Waals surface area contributed by atoms with Crippen LogP contribution in [0.1, 0.15) is 0 Å². The molecule has 0 amide bonds. The Bertz CT molecular complexity index is 816. The maximum atomic E-state index is 6.18. The average Bonchev–Trinajstić information content (AvgIpc) is 2.89. The molecule has 1 aromatic carbocycles. The highest BCUT2D eigenvalue weighted by Gasteiger charge is 2.14. The first-order valence-electron chi connectivity index (χ1n) is 6.15. The maximum absolute atomic E-state index is 6.18. The van der Waals surface area contributed by atoms with Gasteiger partial charge in [0.1, 0.15) is 17.3 Å². The molecule has 0 aliphatic carbocycles. The second kappa shape index (κ2) is 5.14. The third-order valence-electron chi connectivity index (χ3n) is 3.10. The highest BCUT2D eigenvalue weighted by atomic mass is 35.5. The zero-order chi connectivity index (χ0) is 15.0. The molecule has 0 radical (unpaired) electrons. The van der Waals surface area contributed by atoms with Crippen LogP contribution in [0.3, 0.4) is 0 Å². The van der Waals surface area contributed by atoms with E-state index in [0.29, 0.717) is 33.8 Å². The Labute approximate surface area is 126 Å². The molecule has 0 atom stereocenters. The minimum absolute atomic E-state index is 0.416. The van der Waals surface area contributed by atoms with Crippen LogP contribution in [0.2, 0.25) is 5.02 Å². The first kappa shape index (κ1) is 13.5. The Morgan fingerprint density at radius 3 is 2.62 bits per heavy atom. The lowest BCUT2D eigenvalue weighted by atomic mass is 10.1. The van der Waals surface area contributed by atoms with Crippen LogP contribution < -0.4 is 15.2 Å². The van der Waals surface area contributed by atoms with E-state index in [1.807, 2.05) is 6.20 Å². The van der Waals surface area contributed by atoms with E-state index in [4.69, 9.17) is 26.8 Å². The van der Waals surface area contributed by atoms with Gasteiger partial charge in [0, 0.05) is 24.0 Å². The summed E-state index contributed by atoms with van der Waals surface area (Å²) in [5.41, 5.74) is 7.11. The molecule has 6 nitrogen and oxygen atoms in total. The molecule has 3 aromatic rings. The molecule has 3 rings (SSSR count). The second-order valence-corrected chi connectivity index (χ2v) is 4.78. The standard InChI is InChI=1S/C14H13ClN4O2/c1-20-11-6-12(21-2)9(15)5-8(11)10-7-19-4-3-13(16)18-14(19)17-10/h3-7H,1-2H3,(H2,16,17,18). The number of ether oxygens (including phenoxy) is 2. The molecule has 108 valence electrons. The van der Waals surface area contributed by atoms with Crippen LogP contribution in [0.25, 0.3) is 17.0 Å². The van der Waals surface area contributed by atoms with Gasteiger partial charge in [-0.05, 0) is 12.1 Å². The lowest BCUT2D eigenvalue weighted by Crippen LogP contribution is -1.93. The lowest BCUT2D eigenvalue weighted by Gasteiger charge is -2.10. The molecule has 0 spiro atoms. The quantitative estimate of drug-likeness (QED) is 0.805. The van der Waals surface area contributed by atoms with Crippen LogP contribution in [0.15, 0.2) is 30.6 Å². The first-order chi connectivity index (χ1) is 10.1. The Kier molecular flexibility index (Phi) is 3.31. The summed E-state index contributed by atoms with van der Waals surface area (Å²) < 4.78 is 12.4. The van der Waals surface area contributed by atoms with Gasteiger partial charge in [0.25, 0.3) is 0 Å². The summed E-state index contributed by atoms with van der Waals surface area (Å²) in [5.74, 6) is 2.09. The van der Waals surface area contributed by atoms with Gasteiger partial charge in [-0.25, -0.2) is 4.98 Å². The first-order valence-corrected chi connectivity index (χ1v) is 6.53. The average molecular weight is 305 g/mol. The zero-order valence-corrected chi connectivity index (χ0v) is 12.3. The number of rotatable bonds is 3. The number of nitrogen functional groups attached to an aromatic ring is 1. The molecule has 21 heavy (non-hydrogen) atoms. The predicted octanol–water partition coefficient (Wildman–Crippen LogP) is 2.65. The van der Waals surface area contributed by atoms with Gasteiger partial charge in [0.15, 0.2) is 0 Å². The van der Waals surface area contributed by atoms with Crippen molar-refractivity contribution in [1.29, 1.82) is 0 Å². The van der Waals surface area contributed by atoms with E-state index < -0.39 is 0 Å². The molecule has 0 saturated heterocycles. The molecule has 0 aliphatic heterocycles. The molecule has 2 heterocycles. The van der Waals surface area contributed by atoms with Crippen LogP contribution in [0, 0.1) is 0 Å². The van der Waals surface area contributed by atoms with Crippen LogP contribution in [0.4, 0.5) is 5.82 Å². The van der Waals surface area contributed by atoms with E-state index in [9.17, 15) is 0 Å². The molecule has 0 fully saturated rings. The number of nitrogens with two attached hydrogens (primary N) is 1. The smallest absolute Gasteiger partial charge is 0.236 e. The zero-order valence-electron chi connectivity index (χ0n) is 11.5. The van der Waals surface area contributed by atoms with Gasteiger partial charge in [0.2, 0.25) is 5.78 Å². The summed E-state index contributed by atoms with van der Waals surface area (Å²) in [7, 11) is 3.14. The SMILES string of the molecule is COc1cc(OC)c(-c2cn3ccc(N)nc3n2)cc1Cl. The number of benzene rings is 1. The summed E-state index contributed by atoms with van der Waals surface area (Å²) >= 11 is 6.18. The Balaban J connectivity index is 2.19. The van der Waals surface area contributed by atoms with Crippen LogP contribution in [-0.4, -0.2) is 28.6 Å². The second-order valence-electron chi connectivity index (χ2n) is 4.37. The molecule has 2 aromatic heterocycles. The molecule has 0 saturated carbocycles. The van der Waals surface area contributed by atoms with Gasteiger partial charge >= 0.3 is 0 Å². The van der Waals surface area contributed by atoms with Crippen molar-refractivity contribution in [2.75, 3.05) is 20.0 Å². The largest absolute Gasteiger partial charge is 0.496 e. The van der Waals surface area contributed by atoms with E-state index in [0.717, 1.165) is 5.56 Å². The minimum atomic E-state index is 0.416. The lowest BCUT2D eigenvalue weighted by molar-refractivity contribution is 0.395. The van der Waals surface area contributed by atoms with E-state index in [-0.39, 0.29) is 0 Å². The summed E-state index contributed by atoms with van der Waals surface area (Å²) in [6, 6.07) is 5.19. The third kappa shape index (κ3) is 2.34. The van der Waals surface area contributed by atoms with E-state index in [2.05, 4.69) is 9.97 Å². The fourth-order valence-corrected chi connectivity index (χ4v) is 2.32. The summed E-state index contributed by atoms with van der Waals surface area (Å²) in [6.07, 6.45) is 3.63. The topological polar surface area (TPSA) is 74.7 Å². The summed E-state index contributed by atoms with van der Waals surface area (Å²) in [4.78, 5) is 8.61. The normalized spacial score (nSPS) is 10.8. The van der Waals surface area contributed by atoms with Crippen molar-refractivity contribution in [3.05, 3.63) is 35.6 Å². The number of nitrogens with zero attached hydrogens (tertiary/aromatic N) is 3. The summed E-state index contributed by atoms with van der Waals surface area (Å²) in [5, 5.41) is 0.484. The Morgan fingerprint density at radius 1 is 1.14 bits per heavy atom. The number of imidazole rings is 1. The Hall–Kier alpha value is -2.47. The van der Waals surface area contributed by atoms with Crippen LogP contribution >= 0.6 is 11.6 Å². The van der Waals surface area contributed by atoms with Crippen molar-refractivity contribution in [1.82, 2.24) is 14.4 Å². The van der Waals surface area contributed by atoms with E-state index in [1.165, 1.54) is 0 Å². The number of fused-ring (bicyclic) bond motifs is 1. The molecule has 0 bridgehead atoms. The fraction of sp³-hybridized carbons (Fsp3) is 0.143. The highest BCUT2D eigenvalue weighted by Crippen LogP contribution is 2.37. The van der Waals surface area contributed by atoms with Crippen LogP contribution in [-0.2, 0) is 0 Å². The number of anilines is 1. The van der Waals surface area contributed by atoms with Gasteiger partial charge in [-0.15, -0.1) is 0 Å².